The van der Waals surface area contributed by atoms with Gasteiger partial charge in [-0.2, -0.15) is 0 Å². The first kappa shape index (κ1) is 20.6. The molecular weight excluding hydrogens is 276 g/mol. The Morgan fingerprint density at radius 1 is 1.09 bits per heavy atom. The highest BCUT2D eigenvalue weighted by molar-refractivity contribution is 5.98. The van der Waals surface area contributed by atoms with Crippen molar-refractivity contribution < 1.29 is 14.3 Å². The van der Waals surface area contributed by atoms with Gasteiger partial charge in [-0.3, -0.25) is 9.59 Å². The van der Waals surface area contributed by atoms with Crippen LogP contribution in [0.25, 0.3) is 0 Å². The first-order valence-electron chi connectivity index (χ1n) is 8.45. The molecule has 126 valence electrons. The van der Waals surface area contributed by atoms with Crippen molar-refractivity contribution in [2.45, 2.75) is 72.6 Å². The lowest BCUT2D eigenvalue weighted by molar-refractivity contribution is -0.151. The van der Waals surface area contributed by atoms with Gasteiger partial charge < -0.3 is 4.74 Å². The minimum Gasteiger partial charge on any atom is -0.465 e. The Kier molecular flexibility index (Phi) is 11.4. The second kappa shape index (κ2) is 12.2. The lowest BCUT2D eigenvalue weighted by Gasteiger charge is -2.15. The molecule has 0 aromatic heterocycles. The van der Waals surface area contributed by atoms with Crippen molar-refractivity contribution in [1.82, 2.24) is 0 Å². The molecule has 0 fully saturated rings. The van der Waals surface area contributed by atoms with Crippen LogP contribution in [0.5, 0.6) is 0 Å². The van der Waals surface area contributed by atoms with E-state index in [1.165, 1.54) is 32.6 Å². The summed E-state index contributed by atoms with van der Waals surface area (Å²) in [5, 5.41) is 0. The van der Waals surface area contributed by atoms with Crippen molar-refractivity contribution in [3.63, 3.8) is 0 Å². The van der Waals surface area contributed by atoms with Crippen molar-refractivity contribution in [1.29, 1.82) is 0 Å². The summed E-state index contributed by atoms with van der Waals surface area (Å²) in [7, 11) is 0. The van der Waals surface area contributed by atoms with Crippen LogP contribution in [0.2, 0.25) is 0 Å². The Labute approximate surface area is 135 Å². The van der Waals surface area contributed by atoms with Crippen LogP contribution in [-0.2, 0) is 14.3 Å². The zero-order valence-corrected chi connectivity index (χ0v) is 14.7. The number of Topliss-reactive ketones (excluding diaryl/α,β-unsaturated/α-hetero) is 1. The number of allylic oxidation sites excluding steroid dienone is 3. The van der Waals surface area contributed by atoms with Gasteiger partial charge in [-0.25, -0.2) is 0 Å². The maximum Gasteiger partial charge on any atom is 0.316 e. The van der Waals surface area contributed by atoms with Crippen molar-refractivity contribution >= 4 is 11.8 Å². The highest BCUT2D eigenvalue weighted by Crippen LogP contribution is 2.22. The molecule has 3 heteroatoms. The van der Waals surface area contributed by atoms with Gasteiger partial charge in [-0.1, -0.05) is 50.8 Å². The monoisotopic (exact) mass is 308 g/mol. The number of unbranched alkanes of at least 4 members (excludes halogenated alkanes) is 5. The summed E-state index contributed by atoms with van der Waals surface area (Å²) < 4.78 is 5.00. The highest BCUT2D eigenvalue weighted by atomic mass is 16.5. The molecule has 0 saturated heterocycles. The van der Waals surface area contributed by atoms with E-state index in [0.717, 1.165) is 24.0 Å². The van der Waals surface area contributed by atoms with Gasteiger partial charge in [-0.05, 0) is 45.6 Å². The fourth-order valence-electron chi connectivity index (χ4n) is 2.31. The van der Waals surface area contributed by atoms with Gasteiger partial charge in [0.15, 0.2) is 0 Å². The van der Waals surface area contributed by atoms with Crippen LogP contribution in [0.15, 0.2) is 23.8 Å². The topological polar surface area (TPSA) is 43.4 Å². The van der Waals surface area contributed by atoms with Gasteiger partial charge in [0.25, 0.3) is 0 Å². The third-order valence-electron chi connectivity index (χ3n) is 3.73. The zero-order valence-electron chi connectivity index (χ0n) is 14.7. The van der Waals surface area contributed by atoms with Crippen LogP contribution >= 0.6 is 0 Å². The summed E-state index contributed by atoms with van der Waals surface area (Å²) in [6.07, 6.45) is 9.66. The molecule has 1 atom stereocenters. The molecule has 22 heavy (non-hydrogen) atoms. The number of ether oxygens (including phenoxy) is 1. The predicted molar refractivity (Wildman–Crippen MR) is 91.7 cm³/mol. The Balaban J connectivity index is 4.61. The van der Waals surface area contributed by atoms with E-state index in [1.807, 2.05) is 6.92 Å². The third kappa shape index (κ3) is 8.81. The summed E-state index contributed by atoms with van der Waals surface area (Å²) in [5.74, 6) is -1.28. The molecule has 0 rings (SSSR count). The fraction of sp³-hybridized carbons (Fsp3) is 0.684. The first-order chi connectivity index (χ1) is 10.4. The molecule has 0 amide bonds. The highest BCUT2D eigenvalue weighted by Gasteiger charge is 2.25. The van der Waals surface area contributed by atoms with Crippen molar-refractivity contribution in [2.75, 3.05) is 6.61 Å². The molecule has 0 aliphatic carbocycles. The van der Waals surface area contributed by atoms with Gasteiger partial charge in [0.2, 0.25) is 0 Å². The average molecular weight is 308 g/mol. The molecular formula is C19H32O3. The lowest BCUT2D eigenvalue weighted by Crippen LogP contribution is -2.25. The summed E-state index contributed by atoms with van der Waals surface area (Å²) >= 11 is 0. The van der Waals surface area contributed by atoms with E-state index >= 15 is 0 Å². The Morgan fingerprint density at radius 2 is 1.73 bits per heavy atom. The summed E-state index contributed by atoms with van der Waals surface area (Å²) in [6, 6.07) is 0. The number of carbonyl (C=O) groups excluding carboxylic acids is 2. The quantitative estimate of drug-likeness (QED) is 0.220. The molecule has 1 unspecified atom stereocenters. The van der Waals surface area contributed by atoms with Gasteiger partial charge in [-0.15, -0.1) is 0 Å². The molecule has 0 spiro atoms. The van der Waals surface area contributed by atoms with Crippen molar-refractivity contribution in [3.05, 3.63) is 23.8 Å². The number of esters is 1. The maximum absolute atomic E-state index is 11.9. The van der Waals surface area contributed by atoms with Crippen LogP contribution in [0.4, 0.5) is 0 Å². The summed E-state index contributed by atoms with van der Waals surface area (Å²) in [4.78, 5) is 23.6. The molecule has 0 aromatic carbocycles. The predicted octanol–water partition coefficient (Wildman–Crippen LogP) is 5.01. The van der Waals surface area contributed by atoms with E-state index < -0.39 is 11.9 Å². The molecule has 0 aliphatic heterocycles. The lowest BCUT2D eigenvalue weighted by atomic mass is 9.91. The number of carbonyl (C=O) groups is 2. The van der Waals surface area contributed by atoms with Crippen molar-refractivity contribution in [2.24, 2.45) is 5.92 Å². The van der Waals surface area contributed by atoms with Crippen LogP contribution in [0, 0.1) is 5.92 Å². The van der Waals surface area contributed by atoms with Crippen LogP contribution < -0.4 is 0 Å². The second-order valence-corrected chi connectivity index (χ2v) is 5.83. The number of ketones is 1. The van der Waals surface area contributed by atoms with Crippen LogP contribution in [0.3, 0.4) is 0 Å². The summed E-state index contributed by atoms with van der Waals surface area (Å²) in [5.41, 5.74) is 1.92. The Hall–Kier alpha value is -1.38. The number of hydrogen-bond donors (Lipinski definition) is 0. The largest absolute Gasteiger partial charge is 0.465 e. The molecule has 0 bridgehead atoms. The Bertz CT molecular complexity index is 393. The maximum atomic E-state index is 11.9. The van der Waals surface area contributed by atoms with E-state index in [2.05, 4.69) is 19.6 Å². The zero-order chi connectivity index (χ0) is 17.0. The third-order valence-corrected chi connectivity index (χ3v) is 3.73. The van der Waals surface area contributed by atoms with Gasteiger partial charge >= 0.3 is 5.97 Å². The minimum atomic E-state index is -0.706. The fourth-order valence-corrected chi connectivity index (χ4v) is 2.31. The van der Waals surface area contributed by atoms with E-state index in [9.17, 15) is 9.59 Å². The second-order valence-electron chi connectivity index (χ2n) is 5.83. The Morgan fingerprint density at radius 3 is 2.23 bits per heavy atom. The van der Waals surface area contributed by atoms with Crippen LogP contribution in [-0.4, -0.2) is 18.4 Å². The van der Waals surface area contributed by atoms with E-state index in [1.54, 1.807) is 6.92 Å². The number of rotatable bonds is 12. The van der Waals surface area contributed by atoms with Gasteiger partial charge in [0, 0.05) is 0 Å². The number of hydrogen-bond acceptors (Lipinski definition) is 3. The SMILES string of the molecule is C=C(C)/C(=C/CCCCCCC)CC(C(C)=O)C(=O)OCC. The molecule has 0 N–H and O–H groups in total. The standard InChI is InChI=1S/C19H32O3/c1-6-8-9-10-11-12-13-17(15(3)4)14-18(16(5)20)19(21)22-7-2/h13,18H,3,6-12,14H2,1-2,4-5H3/b17-13+. The van der Waals surface area contributed by atoms with Crippen molar-refractivity contribution in [3.8, 4) is 0 Å². The summed E-state index contributed by atoms with van der Waals surface area (Å²) in [6.45, 7) is 11.6. The van der Waals surface area contributed by atoms with E-state index in [0.29, 0.717) is 13.0 Å². The molecule has 0 radical (unpaired) electrons. The molecule has 0 aromatic rings. The van der Waals surface area contributed by atoms with E-state index in [-0.39, 0.29) is 5.78 Å². The normalized spacial score (nSPS) is 12.8. The minimum absolute atomic E-state index is 0.145. The first-order valence-corrected chi connectivity index (χ1v) is 8.45. The smallest absolute Gasteiger partial charge is 0.316 e. The van der Waals surface area contributed by atoms with E-state index in [4.69, 9.17) is 4.74 Å². The molecule has 3 nitrogen and oxygen atoms in total. The molecule has 0 saturated carbocycles. The van der Waals surface area contributed by atoms with Crippen LogP contribution in [0.1, 0.15) is 72.6 Å². The molecule has 0 aliphatic rings. The average Bonchev–Trinajstić information content (AvgIpc) is 2.45. The van der Waals surface area contributed by atoms with Gasteiger partial charge in [0.05, 0.1) is 6.61 Å². The molecule has 0 heterocycles. The van der Waals surface area contributed by atoms with Gasteiger partial charge in [0.1, 0.15) is 11.7 Å².